The van der Waals surface area contributed by atoms with Crippen molar-refractivity contribution in [3.05, 3.63) is 44.9 Å². The number of hydrogen-bond donors (Lipinski definition) is 1. The van der Waals surface area contributed by atoms with Gasteiger partial charge in [0.1, 0.15) is 11.2 Å². The molecule has 1 saturated carbocycles. The van der Waals surface area contributed by atoms with Crippen molar-refractivity contribution in [1.29, 1.82) is 0 Å². The largest absolute Gasteiger partial charge is 0.444 e. The van der Waals surface area contributed by atoms with Crippen molar-refractivity contribution in [1.82, 2.24) is 24.4 Å². The first-order valence-electron chi connectivity index (χ1n) is 13.1. The Kier molecular flexibility index (Phi) is 7.30. The fourth-order valence-electron chi connectivity index (χ4n) is 5.17. The lowest BCUT2D eigenvalue weighted by Gasteiger charge is -2.37. The first-order valence-corrected chi connectivity index (χ1v) is 13.9. The maximum absolute atomic E-state index is 13.3. The average molecular weight is 585 g/mol. The highest BCUT2D eigenvalue weighted by molar-refractivity contribution is 9.10. The summed E-state index contributed by atoms with van der Waals surface area (Å²) in [4.78, 5) is 43.6. The first-order chi connectivity index (χ1) is 18.1. The molecule has 3 aromatic rings. The predicted octanol–water partition coefficient (Wildman–Crippen LogP) is 5.17. The van der Waals surface area contributed by atoms with Gasteiger partial charge in [0, 0.05) is 50.0 Å². The van der Waals surface area contributed by atoms with Crippen molar-refractivity contribution in [3.63, 3.8) is 0 Å². The zero-order valence-corrected chi connectivity index (χ0v) is 23.9. The van der Waals surface area contributed by atoms with Gasteiger partial charge in [0.05, 0.1) is 10.2 Å². The highest BCUT2D eigenvalue weighted by Gasteiger charge is 2.28. The Morgan fingerprint density at radius 1 is 1.13 bits per heavy atom. The minimum absolute atomic E-state index is 0.0482. The minimum Gasteiger partial charge on any atom is -0.444 e. The monoisotopic (exact) mass is 583 g/mol. The Morgan fingerprint density at radius 3 is 2.53 bits per heavy atom. The lowest BCUT2D eigenvalue weighted by molar-refractivity contribution is 0.0240. The third-order valence-electron chi connectivity index (χ3n) is 7.12. The number of nitrogens with zero attached hydrogens (tertiary/aromatic N) is 6. The molecule has 0 unspecified atom stereocenters. The van der Waals surface area contributed by atoms with Gasteiger partial charge in [-0.2, -0.15) is 4.98 Å². The third-order valence-corrected chi connectivity index (χ3v) is 8.05. The molecule has 5 rings (SSSR count). The molecule has 11 heteroatoms. The zero-order chi connectivity index (χ0) is 27.0. The smallest absolute Gasteiger partial charge is 0.410 e. The molecule has 202 valence electrons. The van der Waals surface area contributed by atoms with E-state index in [1.165, 1.54) is 0 Å². The van der Waals surface area contributed by atoms with E-state index in [1.54, 1.807) is 17.3 Å². The van der Waals surface area contributed by atoms with Crippen LogP contribution in [0.15, 0.2) is 33.8 Å². The second kappa shape index (κ2) is 10.5. The molecule has 2 fully saturated rings. The molecule has 3 aromatic heterocycles. The molecule has 1 aliphatic carbocycles. The topological polar surface area (TPSA) is 105 Å². The number of anilines is 3. The molecule has 0 atom stereocenters. The second-order valence-corrected chi connectivity index (χ2v) is 11.7. The molecule has 1 amide bonds. The van der Waals surface area contributed by atoms with Crippen molar-refractivity contribution < 1.29 is 9.53 Å². The Bertz CT molecular complexity index is 1400. The van der Waals surface area contributed by atoms with Gasteiger partial charge in [-0.1, -0.05) is 12.8 Å². The Morgan fingerprint density at radius 2 is 1.84 bits per heavy atom. The van der Waals surface area contributed by atoms with E-state index in [4.69, 9.17) is 9.72 Å². The molecule has 0 bridgehead atoms. The maximum Gasteiger partial charge on any atom is 0.410 e. The van der Waals surface area contributed by atoms with E-state index in [0.29, 0.717) is 48.1 Å². The van der Waals surface area contributed by atoms with Crippen LogP contribution < -0.4 is 15.8 Å². The Hall–Kier alpha value is -3.21. The average Bonchev–Trinajstić information content (AvgIpc) is 3.41. The number of carbonyl (C=O) groups is 1. The van der Waals surface area contributed by atoms with Crippen LogP contribution in [0.5, 0.6) is 0 Å². The van der Waals surface area contributed by atoms with Crippen LogP contribution in [-0.2, 0) is 4.74 Å². The highest BCUT2D eigenvalue weighted by Crippen LogP contribution is 2.33. The molecular weight excluding hydrogens is 550 g/mol. The number of aromatic nitrogens is 4. The molecule has 0 radical (unpaired) electrons. The van der Waals surface area contributed by atoms with E-state index >= 15 is 0 Å². The molecule has 4 heterocycles. The molecular formula is C27H34BrN7O3. The van der Waals surface area contributed by atoms with Crippen LogP contribution in [0.1, 0.15) is 58.1 Å². The van der Waals surface area contributed by atoms with Crippen molar-refractivity contribution in [2.75, 3.05) is 36.4 Å². The number of piperazine rings is 1. The van der Waals surface area contributed by atoms with Crippen LogP contribution in [0.3, 0.4) is 0 Å². The van der Waals surface area contributed by atoms with Crippen LogP contribution in [0.2, 0.25) is 0 Å². The summed E-state index contributed by atoms with van der Waals surface area (Å²) in [5.74, 6) is 1.01. The number of halogens is 1. The fourth-order valence-corrected chi connectivity index (χ4v) is 5.58. The van der Waals surface area contributed by atoms with Crippen molar-refractivity contribution in [2.24, 2.45) is 0 Å². The lowest BCUT2D eigenvalue weighted by atomic mass is 10.1. The molecule has 1 saturated heterocycles. The van der Waals surface area contributed by atoms with Gasteiger partial charge in [0.2, 0.25) is 5.95 Å². The maximum atomic E-state index is 13.3. The van der Waals surface area contributed by atoms with Crippen molar-refractivity contribution in [2.45, 2.75) is 65.0 Å². The van der Waals surface area contributed by atoms with Gasteiger partial charge in [-0.05, 0) is 74.2 Å². The normalized spacial score (nSPS) is 16.8. The molecule has 0 aromatic carbocycles. The van der Waals surface area contributed by atoms with Gasteiger partial charge < -0.3 is 19.9 Å². The summed E-state index contributed by atoms with van der Waals surface area (Å²) in [5.41, 5.74) is 1.81. The molecule has 0 spiro atoms. The number of amides is 1. The van der Waals surface area contributed by atoms with E-state index in [9.17, 15) is 9.59 Å². The van der Waals surface area contributed by atoms with Gasteiger partial charge in [-0.3, -0.25) is 9.36 Å². The number of fused-ring (bicyclic) bond motifs is 1. The number of hydrogen-bond acceptors (Lipinski definition) is 8. The number of pyridine rings is 2. The SMILES string of the molecule is Cc1c(Br)c(=O)n(C2CCCC2)c2nc(Nc3ncccc3N3CCN(C(=O)OC(C)(C)C)CC3)ncc12. The summed E-state index contributed by atoms with van der Waals surface area (Å²) >= 11 is 3.50. The van der Waals surface area contributed by atoms with Gasteiger partial charge >= 0.3 is 6.09 Å². The number of ether oxygens (including phenoxy) is 1. The van der Waals surface area contributed by atoms with Crippen LogP contribution in [0.4, 0.5) is 22.2 Å². The van der Waals surface area contributed by atoms with Gasteiger partial charge in [-0.25, -0.2) is 14.8 Å². The Balaban J connectivity index is 1.40. The summed E-state index contributed by atoms with van der Waals surface area (Å²) in [6, 6.07) is 4.02. The minimum atomic E-state index is -0.522. The second-order valence-electron chi connectivity index (χ2n) is 10.9. The van der Waals surface area contributed by atoms with E-state index in [-0.39, 0.29) is 17.7 Å². The van der Waals surface area contributed by atoms with Gasteiger partial charge in [0.15, 0.2) is 5.82 Å². The Labute approximate surface area is 230 Å². The summed E-state index contributed by atoms with van der Waals surface area (Å²) in [6.07, 6.45) is 7.37. The van der Waals surface area contributed by atoms with Gasteiger partial charge in [-0.15, -0.1) is 0 Å². The van der Waals surface area contributed by atoms with Crippen LogP contribution >= 0.6 is 15.9 Å². The number of rotatable bonds is 4. The zero-order valence-electron chi connectivity index (χ0n) is 22.3. The quantitative estimate of drug-likeness (QED) is 0.448. The molecule has 10 nitrogen and oxygen atoms in total. The van der Waals surface area contributed by atoms with Crippen LogP contribution in [0.25, 0.3) is 11.0 Å². The van der Waals surface area contributed by atoms with Crippen molar-refractivity contribution >= 4 is 50.5 Å². The first kappa shape index (κ1) is 26.4. The summed E-state index contributed by atoms with van der Waals surface area (Å²) in [6.45, 7) is 9.93. The predicted molar refractivity (Wildman–Crippen MR) is 151 cm³/mol. The lowest BCUT2D eigenvalue weighted by Crippen LogP contribution is -2.50. The molecule has 38 heavy (non-hydrogen) atoms. The standard InChI is InChI=1S/C27H34BrN7O3/c1-17-19-16-30-25(32-23(19)35(24(36)21(17)28)18-8-5-6-9-18)31-22-20(10-7-11-29-22)33-12-14-34(15-13-33)26(37)38-27(2,3)4/h7,10-11,16,18H,5-6,8-9,12-15H2,1-4H3,(H,29,30,31,32). The van der Waals surface area contributed by atoms with E-state index in [2.05, 4.69) is 36.1 Å². The van der Waals surface area contributed by atoms with Gasteiger partial charge in [0.25, 0.3) is 5.56 Å². The third kappa shape index (κ3) is 5.34. The van der Waals surface area contributed by atoms with Crippen LogP contribution in [-0.4, -0.2) is 62.3 Å². The summed E-state index contributed by atoms with van der Waals surface area (Å²) in [5, 5.41) is 4.15. The summed E-state index contributed by atoms with van der Waals surface area (Å²) in [7, 11) is 0. The number of carbonyl (C=O) groups excluding carboxylic acids is 1. The molecule has 2 aliphatic rings. The van der Waals surface area contributed by atoms with E-state index < -0.39 is 5.60 Å². The summed E-state index contributed by atoms with van der Waals surface area (Å²) < 4.78 is 7.93. The van der Waals surface area contributed by atoms with Crippen molar-refractivity contribution in [3.8, 4) is 0 Å². The van der Waals surface area contributed by atoms with E-state index in [0.717, 1.165) is 42.3 Å². The fraction of sp³-hybridized carbons (Fsp3) is 0.519. The van der Waals surface area contributed by atoms with E-state index in [1.807, 2.05) is 44.4 Å². The highest BCUT2D eigenvalue weighted by atomic mass is 79.9. The molecule has 1 N–H and O–H groups in total. The van der Waals surface area contributed by atoms with Crippen LogP contribution in [0, 0.1) is 6.92 Å². The number of aryl methyl sites for hydroxylation is 1. The molecule has 1 aliphatic heterocycles. The number of nitrogens with one attached hydrogen (secondary N) is 1.